The second-order valence-corrected chi connectivity index (χ2v) is 11.0. The Morgan fingerprint density at radius 1 is 1.00 bits per heavy atom. The van der Waals surface area contributed by atoms with Crippen LogP contribution >= 0.6 is 0 Å². The number of imidazole rings is 1. The van der Waals surface area contributed by atoms with E-state index in [-0.39, 0.29) is 5.41 Å². The molecular formula is C33H35N7O. The minimum Gasteiger partial charge on any atom is -0.373 e. The second-order valence-electron chi connectivity index (χ2n) is 11.0. The highest BCUT2D eigenvalue weighted by atomic mass is 16.1. The summed E-state index contributed by atoms with van der Waals surface area (Å²) in [6.07, 6.45) is 5.63. The molecule has 0 bridgehead atoms. The summed E-state index contributed by atoms with van der Waals surface area (Å²) >= 11 is 0. The van der Waals surface area contributed by atoms with Crippen LogP contribution in [0.4, 0.5) is 11.5 Å². The third kappa shape index (κ3) is 5.41. The van der Waals surface area contributed by atoms with Crippen molar-refractivity contribution in [3.8, 4) is 22.4 Å². The first-order chi connectivity index (χ1) is 19.6. The first-order valence-electron chi connectivity index (χ1n) is 13.5. The number of fused-ring (bicyclic) bond motifs is 1. The fourth-order valence-corrected chi connectivity index (χ4v) is 5.03. The summed E-state index contributed by atoms with van der Waals surface area (Å²) in [6, 6.07) is 20.0. The number of rotatable bonds is 6. The van der Waals surface area contributed by atoms with Gasteiger partial charge in [0, 0.05) is 55.1 Å². The lowest BCUT2D eigenvalue weighted by Crippen LogP contribution is -2.19. The summed E-state index contributed by atoms with van der Waals surface area (Å²) in [5.74, 6) is 0.999. The Labute approximate surface area is 240 Å². The number of nitrogens with zero attached hydrogens (tertiary/aromatic N) is 4. The van der Waals surface area contributed by atoms with Crippen molar-refractivity contribution in [1.82, 2.24) is 19.7 Å². The van der Waals surface area contributed by atoms with Gasteiger partial charge in [0.1, 0.15) is 5.84 Å². The molecule has 0 aliphatic heterocycles. The van der Waals surface area contributed by atoms with Crippen LogP contribution in [0, 0.1) is 6.92 Å². The first-order valence-corrected chi connectivity index (χ1v) is 13.5. The van der Waals surface area contributed by atoms with Crippen LogP contribution in [0.5, 0.6) is 0 Å². The van der Waals surface area contributed by atoms with Crippen molar-refractivity contribution in [2.45, 2.75) is 33.1 Å². The van der Waals surface area contributed by atoms with Gasteiger partial charge in [0.25, 0.3) is 0 Å². The number of aliphatic imine (C=N–C) groups is 1. The molecule has 2 aromatic heterocycles. The fourth-order valence-electron chi connectivity index (χ4n) is 5.03. The quantitative estimate of drug-likeness (QED) is 0.176. The van der Waals surface area contributed by atoms with Crippen LogP contribution in [-0.4, -0.2) is 40.2 Å². The van der Waals surface area contributed by atoms with E-state index in [0.717, 1.165) is 50.6 Å². The zero-order chi connectivity index (χ0) is 29.3. The van der Waals surface area contributed by atoms with Crippen LogP contribution in [0.1, 0.15) is 47.8 Å². The number of aromatic nitrogens is 3. The van der Waals surface area contributed by atoms with E-state index in [1.165, 1.54) is 0 Å². The van der Waals surface area contributed by atoms with Crippen molar-refractivity contribution in [2.75, 3.05) is 19.4 Å². The Kier molecular flexibility index (Phi) is 7.32. The van der Waals surface area contributed by atoms with Gasteiger partial charge in [-0.25, -0.2) is 9.97 Å². The Balaban J connectivity index is 1.60. The van der Waals surface area contributed by atoms with Crippen molar-refractivity contribution in [3.63, 3.8) is 0 Å². The number of nitrogens with one attached hydrogen (secondary N) is 2. The lowest BCUT2D eigenvalue weighted by Gasteiger charge is -2.22. The molecule has 0 aliphatic carbocycles. The number of anilines is 2. The molecule has 5 rings (SSSR count). The van der Waals surface area contributed by atoms with E-state index in [1.54, 1.807) is 13.2 Å². The molecule has 8 heteroatoms. The average Bonchev–Trinajstić information content (AvgIpc) is 3.43. The molecule has 41 heavy (non-hydrogen) atoms. The monoisotopic (exact) mass is 545 g/mol. The lowest BCUT2D eigenvalue weighted by atomic mass is 9.83. The Bertz CT molecular complexity index is 1780. The van der Waals surface area contributed by atoms with E-state index >= 15 is 0 Å². The number of benzene rings is 3. The molecule has 0 aliphatic rings. The third-order valence-electron chi connectivity index (χ3n) is 7.31. The maximum Gasteiger partial charge on any atom is 0.249 e. The van der Waals surface area contributed by atoms with Crippen molar-refractivity contribution in [1.29, 1.82) is 0 Å². The number of hydrogen-bond acceptors (Lipinski definition) is 5. The molecule has 5 aromatic rings. The van der Waals surface area contributed by atoms with Gasteiger partial charge < -0.3 is 20.8 Å². The van der Waals surface area contributed by atoms with E-state index in [0.29, 0.717) is 17.0 Å². The highest BCUT2D eigenvalue weighted by molar-refractivity contribution is 6.01. The summed E-state index contributed by atoms with van der Waals surface area (Å²) < 4.78 is 1.96. The van der Waals surface area contributed by atoms with Crippen molar-refractivity contribution >= 4 is 28.9 Å². The van der Waals surface area contributed by atoms with Gasteiger partial charge in [0.2, 0.25) is 5.91 Å². The molecule has 208 valence electrons. The Morgan fingerprint density at radius 3 is 2.39 bits per heavy atom. The van der Waals surface area contributed by atoms with Gasteiger partial charge in [-0.05, 0) is 71.0 Å². The number of primary amides is 1. The maximum atomic E-state index is 12.4. The molecule has 0 atom stereocenters. The normalized spacial score (nSPS) is 12.0. The van der Waals surface area contributed by atoms with Gasteiger partial charge in [0.15, 0.2) is 11.5 Å². The molecule has 4 N–H and O–H groups in total. The molecule has 0 fully saturated rings. The summed E-state index contributed by atoms with van der Waals surface area (Å²) in [4.78, 5) is 26.3. The topological polar surface area (TPSA) is 110 Å². The van der Waals surface area contributed by atoms with Gasteiger partial charge in [0.05, 0.1) is 5.69 Å². The third-order valence-corrected chi connectivity index (χ3v) is 7.31. The van der Waals surface area contributed by atoms with E-state index in [2.05, 4.69) is 54.4 Å². The molecular weight excluding hydrogens is 510 g/mol. The SMILES string of the molecule is C/N=C(/NC)c1ccc(Nc2nc(-c3cccc(-c4cc(C(C)(C)C)ccc4C(N)=O)c3C)cn3ccnc23)cc1. The van der Waals surface area contributed by atoms with Gasteiger partial charge >= 0.3 is 0 Å². The minimum atomic E-state index is -0.451. The van der Waals surface area contributed by atoms with Crippen LogP contribution < -0.4 is 16.4 Å². The number of carbonyl (C=O) groups is 1. The van der Waals surface area contributed by atoms with Gasteiger partial charge in [-0.15, -0.1) is 0 Å². The van der Waals surface area contributed by atoms with Crippen LogP contribution in [0.3, 0.4) is 0 Å². The van der Waals surface area contributed by atoms with Gasteiger partial charge in [-0.1, -0.05) is 45.0 Å². The van der Waals surface area contributed by atoms with Gasteiger partial charge in [-0.2, -0.15) is 0 Å². The second kappa shape index (κ2) is 10.9. The van der Waals surface area contributed by atoms with Crippen molar-refractivity contribution in [3.05, 3.63) is 102 Å². The first kappa shape index (κ1) is 27.6. The predicted octanol–water partition coefficient (Wildman–Crippen LogP) is 6.11. The fraction of sp³-hybridized carbons (Fsp3) is 0.212. The van der Waals surface area contributed by atoms with Crippen LogP contribution in [-0.2, 0) is 5.41 Å². The summed E-state index contributed by atoms with van der Waals surface area (Å²) in [7, 11) is 3.61. The Hall–Kier alpha value is -4.98. The minimum absolute atomic E-state index is 0.0822. The van der Waals surface area contributed by atoms with Crippen LogP contribution in [0.15, 0.2) is 84.2 Å². The van der Waals surface area contributed by atoms with E-state index in [9.17, 15) is 4.79 Å². The van der Waals surface area contributed by atoms with E-state index in [1.807, 2.05) is 78.4 Å². The predicted molar refractivity (Wildman–Crippen MR) is 167 cm³/mol. The molecule has 1 amide bonds. The molecule has 0 saturated carbocycles. The zero-order valence-electron chi connectivity index (χ0n) is 24.3. The summed E-state index contributed by atoms with van der Waals surface area (Å²) in [6.45, 7) is 8.52. The summed E-state index contributed by atoms with van der Waals surface area (Å²) in [5.41, 5.74) is 14.4. The average molecular weight is 546 g/mol. The van der Waals surface area contributed by atoms with E-state index < -0.39 is 5.91 Å². The molecule has 8 nitrogen and oxygen atoms in total. The standard InChI is InChI=1S/C33H35N7O/c1-20-24(27-18-22(33(2,3)4)12-15-26(27)29(34)41)8-7-9-25(20)28-19-40-17-16-37-32(40)31(39-28)38-23-13-10-21(11-14-23)30(35-5)36-6/h7-19H,1-6H3,(H2,34,41)(H,35,36)(H,38,39). The van der Waals surface area contributed by atoms with Crippen molar-refractivity contribution < 1.29 is 4.79 Å². The van der Waals surface area contributed by atoms with Gasteiger partial charge in [-0.3, -0.25) is 9.79 Å². The van der Waals surface area contributed by atoms with E-state index in [4.69, 9.17) is 10.7 Å². The molecule has 0 radical (unpaired) electrons. The number of nitrogens with two attached hydrogens (primary N) is 1. The number of hydrogen-bond donors (Lipinski definition) is 3. The molecule has 0 spiro atoms. The molecule has 3 aromatic carbocycles. The maximum absolute atomic E-state index is 12.4. The molecule has 0 saturated heterocycles. The summed E-state index contributed by atoms with van der Waals surface area (Å²) in [5, 5.41) is 6.55. The highest BCUT2D eigenvalue weighted by Crippen LogP contribution is 2.36. The zero-order valence-corrected chi connectivity index (χ0v) is 24.3. The molecule has 0 unspecified atom stereocenters. The molecule has 2 heterocycles. The van der Waals surface area contributed by atoms with Crippen molar-refractivity contribution in [2.24, 2.45) is 10.7 Å². The lowest BCUT2D eigenvalue weighted by molar-refractivity contribution is 0.100. The highest BCUT2D eigenvalue weighted by Gasteiger charge is 2.20. The number of amides is 1. The smallest absolute Gasteiger partial charge is 0.249 e. The van der Waals surface area contributed by atoms with Crippen LogP contribution in [0.2, 0.25) is 0 Å². The number of carbonyl (C=O) groups excluding carboxylic acids is 1. The van der Waals surface area contributed by atoms with Crippen LogP contribution in [0.25, 0.3) is 28.0 Å². The number of amidine groups is 1. The largest absolute Gasteiger partial charge is 0.373 e. The Morgan fingerprint density at radius 2 is 1.73 bits per heavy atom.